The van der Waals surface area contributed by atoms with Gasteiger partial charge in [0, 0.05) is 12.7 Å². The molecule has 0 unspecified atom stereocenters. The molecule has 3 nitrogen and oxygen atoms in total. The van der Waals surface area contributed by atoms with Crippen LogP contribution in [0.2, 0.25) is 0 Å². The summed E-state index contributed by atoms with van der Waals surface area (Å²) in [6.07, 6.45) is 1.77. The number of pyridine rings is 1. The number of nitrogens with zero attached hydrogens (tertiary/aromatic N) is 1. The topological polar surface area (TPSA) is 34.1 Å². The molecule has 0 fully saturated rings. The third-order valence-corrected chi connectivity index (χ3v) is 2.99. The molecule has 3 heteroatoms. The molecule has 0 aliphatic rings. The van der Waals surface area contributed by atoms with Crippen LogP contribution in [0.1, 0.15) is 25.1 Å². The molecule has 0 atom stereocenters. The summed E-state index contributed by atoms with van der Waals surface area (Å²) in [5.74, 6) is 2.32. The molecule has 0 saturated carbocycles. The van der Waals surface area contributed by atoms with Crippen LogP contribution in [0.3, 0.4) is 0 Å². The molecular weight excluding hydrogens is 248 g/mol. The van der Waals surface area contributed by atoms with Gasteiger partial charge in [-0.2, -0.15) is 0 Å². The Bertz CT molecular complexity index is 535. The summed E-state index contributed by atoms with van der Waals surface area (Å²) in [5, 5.41) is 3.43. The zero-order valence-electron chi connectivity index (χ0n) is 12.4. The van der Waals surface area contributed by atoms with Crippen molar-refractivity contribution in [2.45, 2.75) is 27.3 Å². The van der Waals surface area contributed by atoms with Crippen LogP contribution in [0.15, 0.2) is 42.6 Å². The normalized spacial score (nSPS) is 10.8. The fourth-order valence-corrected chi connectivity index (χ4v) is 1.88. The number of aromatic nitrogens is 1. The fourth-order valence-electron chi connectivity index (χ4n) is 1.88. The molecule has 0 radical (unpaired) electrons. The standard InChI is InChI=1S/C17H22N2O/c1-13(2)11-18-12-15-6-8-16(9-7-15)20-17-5-4-10-19-14(17)3/h4-10,13,18H,11-12H2,1-3H3. The summed E-state index contributed by atoms with van der Waals surface area (Å²) < 4.78 is 5.82. The number of hydrogen-bond acceptors (Lipinski definition) is 3. The van der Waals surface area contributed by atoms with E-state index in [0.29, 0.717) is 5.92 Å². The highest BCUT2D eigenvalue weighted by Gasteiger charge is 2.02. The van der Waals surface area contributed by atoms with Gasteiger partial charge in [-0.3, -0.25) is 4.98 Å². The summed E-state index contributed by atoms with van der Waals surface area (Å²) in [7, 11) is 0. The van der Waals surface area contributed by atoms with Gasteiger partial charge in [-0.1, -0.05) is 26.0 Å². The second-order valence-corrected chi connectivity index (χ2v) is 5.36. The average molecular weight is 270 g/mol. The highest BCUT2D eigenvalue weighted by molar-refractivity contribution is 5.34. The van der Waals surface area contributed by atoms with E-state index in [-0.39, 0.29) is 0 Å². The first-order valence-corrected chi connectivity index (χ1v) is 7.04. The minimum absolute atomic E-state index is 0.672. The van der Waals surface area contributed by atoms with Crippen molar-refractivity contribution in [3.8, 4) is 11.5 Å². The lowest BCUT2D eigenvalue weighted by Gasteiger charge is -2.10. The van der Waals surface area contributed by atoms with E-state index in [1.807, 2.05) is 31.2 Å². The van der Waals surface area contributed by atoms with Crippen LogP contribution in [0.5, 0.6) is 11.5 Å². The first-order chi connectivity index (χ1) is 9.65. The van der Waals surface area contributed by atoms with E-state index < -0.39 is 0 Å². The number of rotatable bonds is 6. The lowest BCUT2D eigenvalue weighted by molar-refractivity contribution is 0.475. The van der Waals surface area contributed by atoms with Crippen LogP contribution in [-0.4, -0.2) is 11.5 Å². The monoisotopic (exact) mass is 270 g/mol. The third-order valence-electron chi connectivity index (χ3n) is 2.99. The molecular formula is C17H22N2O. The van der Waals surface area contributed by atoms with Crippen LogP contribution in [0.25, 0.3) is 0 Å². The Morgan fingerprint density at radius 2 is 1.90 bits per heavy atom. The molecule has 2 rings (SSSR count). The molecule has 20 heavy (non-hydrogen) atoms. The van der Waals surface area contributed by atoms with Crippen molar-refractivity contribution < 1.29 is 4.74 Å². The van der Waals surface area contributed by atoms with E-state index in [1.165, 1.54) is 5.56 Å². The average Bonchev–Trinajstić information content (AvgIpc) is 2.43. The Morgan fingerprint density at radius 3 is 2.55 bits per heavy atom. The summed E-state index contributed by atoms with van der Waals surface area (Å²) in [6.45, 7) is 8.29. The van der Waals surface area contributed by atoms with Crippen molar-refractivity contribution in [2.24, 2.45) is 5.92 Å². The van der Waals surface area contributed by atoms with Crippen molar-refractivity contribution >= 4 is 0 Å². The SMILES string of the molecule is Cc1ncccc1Oc1ccc(CNCC(C)C)cc1. The van der Waals surface area contributed by atoms with Crippen molar-refractivity contribution in [1.82, 2.24) is 10.3 Å². The molecule has 106 valence electrons. The van der Waals surface area contributed by atoms with Gasteiger partial charge in [0.25, 0.3) is 0 Å². The molecule has 0 bridgehead atoms. The highest BCUT2D eigenvalue weighted by Crippen LogP contribution is 2.23. The first-order valence-electron chi connectivity index (χ1n) is 7.04. The second-order valence-electron chi connectivity index (χ2n) is 5.36. The molecule has 0 aliphatic carbocycles. The van der Waals surface area contributed by atoms with E-state index >= 15 is 0 Å². The predicted octanol–water partition coefficient (Wildman–Crippen LogP) is 3.93. The van der Waals surface area contributed by atoms with Crippen LogP contribution in [0, 0.1) is 12.8 Å². The van der Waals surface area contributed by atoms with Gasteiger partial charge in [0.1, 0.15) is 11.5 Å². The van der Waals surface area contributed by atoms with Crippen molar-refractivity contribution in [3.63, 3.8) is 0 Å². The molecule has 1 heterocycles. The Labute approximate surface area is 121 Å². The molecule has 1 N–H and O–H groups in total. The van der Waals surface area contributed by atoms with Gasteiger partial charge in [0.2, 0.25) is 0 Å². The second kappa shape index (κ2) is 7.06. The number of hydrogen-bond donors (Lipinski definition) is 1. The lowest BCUT2D eigenvalue weighted by atomic mass is 10.2. The van der Waals surface area contributed by atoms with Gasteiger partial charge in [0.15, 0.2) is 0 Å². The van der Waals surface area contributed by atoms with Crippen LogP contribution in [-0.2, 0) is 6.54 Å². The summed E-state index contributed by atoms with van der Waals surface area (Å²) in [5.41, 5.74) is 2.16. The maximum absolute atomic E-state index is 5.82. The summed E-state index contributed by atoms with van der Waals surface area (Å²) >= 11 is 0. The Balaban J connectivity index is 1.93. The van der Waals surface area contributed by atoms with Gasteiger partial charge in [-0.05, 0) is 49.2 Å². The van der Waals surface area contributed by atoms with Gasteiger partial charge >= 0.3 is 0 Å². The third kappa shape index (κ3) is 4.35. The molecule has 2 aromatic rings. The minimum atomic E-state index is 0.672. The maximum atomic E-state index is 5.82. The first kappa shape index (κ1) is 14.5. The largest absolute Gasteiger partial charge is 0.455 e. The predicted molar refractivity (Wildman–Crippen MR) is 82.0 cm³/mol. The smallest absolute Gasteiger partial charge is 0.148 e. The van der Waals surface area contributed by atoms with Crippen molar-refractivity contribution in [3.05, 3.63) is 53.9 Å². The van der Waals surface area contributed by atoms with Crippen LogP contribution in [0.4, 0.5) is 0 Å². The van der Waals surface area contributed by atoms with Gasteiger partial charge in [-0.15, -0.1) is 0 Å². The van der Waals surface area contributed by atoms with E-state index in [9.17, 15) is 0 Å². The molecule has 0 saturated heterocycles. The number of aryl methyl sites for hydroxylation is 1. The number of nitrogens with one attached hydrogen (secondary N) is 1. The van der Waals surface area contributed by atoms with Crippen molar-refractivity contribution in [2.75, 3.05) is 6.54 Å². The molecule has 0 aliphatic heterocycles. The molecule has 0 spiro atoms. The maximum Gasteiger partial charge on any atom is 0.148 e. The fraction of sp³-hybridized carbons (Fsp3) is 0.353. The Hall–Kier alpha value is -1.87. The summed E-state index contributed by atoms with van der Waals surface area (Å²) in [4.78, 5) is 4.21. The van der Waals surface area contributed by atoms with E-state index in [1.54, 1.807) is 6.20 Å². The van der Waals surface area contributed by atoms with E-state index in [4.69, 9.17) is 4.74 Å². The van der Waals surface area contributed by atoms with Crippen LogP contribution >= 0.6 is 0 Å². The van der Waals surface area contributed by atoms with Crippen LogP contribution < -0.4 is 10.1 Å². The molecule has 0 amide bonds. The zero-order valence-corrected chi connectivity index (χ0v) is 12.4. The number of benzene rings is 1. The van der Waals surface area contributed by atoms with Gasteiger partial charge in [0.05, 0.1) is 5.69 Å². The van der Waals surface area contributed by atoms with E-state index in [2.05, 4.69) is 36.3 Å². The number of ether oxygens (including phenoxy) is 1. The quantitative estimate of drug-likeness (QED) is 0.863. The van der Waals surface area contributed by atoms with Gasteiger partial charge < -0.3 is 10.1 Å². The zero-order chi connectivity index (χ0) is 14.4. The highest BCUT2D eigenvalue weighted by atomic mass is 16.5. The van der Waals surface area contributed by atoms with Crippen molar-refractivity contribution in [1.29, 1.82) is 0 Å². The Kier molecular flexibility index (Phi) is 5.13. The molecule has 1 aromatic heterocycles. The minimum Gasteiger partial charge on any atom is -0.455 e. The van der Waals surface area contributed by atoms with Gasteiger partial charge in [-0.25, -0.2) is 0 Å². The summed E-state index contributed by atoms with van der Waals surface area (Å²) in [6, 6.07) is 12.0. The molecule has 1 aromatic carbocycles. The Morgan fingerprint density at radius 1 is 1.15 bits per heavy atom. The lowest BCUT2D eigenvalue weighted by Crippen LogP contribution is -2.18. The van der Waals surface area contributed by atoms with E-state index in [0.717, 1.165) is 30.3 Å².